The molecule has 0 bridgehead atoms. The van der Waals surface area contributed by atoms with E-state index in [9.17, 15) is 13.2 Å². The Morgan fingerprint density at radius 2 is 2.18 bits per heavy atom. The number of nitrogens with zero attached hydrogens (tertiary/aromatic N) is 1. The van der Waals surface area contributed by atoms with Gasteiger partial charge in [0.15, 0.2) is 9.84 Å². The summed E-state index contributed by atoms with van der Waals surface area (Å²) in [5.41, 5.74) is 0. The summed E-state index contributed by atoms with van der Waals surface area (Å²) in [6, 6.07) is -0.158. The van der Waals surface area contributed by atoms with E-state index in [2.05, 4.69) is 0 Å². The fourth-order valence-corrected chi connectivity index (χ4v) is 3.80. The maximum absolute atomic E-state index is 11.9. The average Bonchev–Trinajstić information content (AvgIpc) is 2.60. The molecule has 1 rings (SSSR count). The lowest BCUT2D eigenvalue weighted by atomic mass is 10.2. The van der Waals surface area contributed by atoms with Gasteiger partial charge in [0, 0.05) is 19.7 Å². The monoisotopic (exact) mass is 263 g/mol. The van der Waals surface area contributed by atoms with Crippen LogP contribution in [-0.2, 0) is 19.4 Å². The van der Waals surface area contributed by atoms with Gasteiger partial charge < -0.3 is 9.64 Å². The minimum absolute atomic E-state index is 0.0280. The zero-order valence-corrected chi connectivity index (χ0v) is 11.3. The molecule has 0 aromatic heterocycles. The van der Waals surface area contributed by atoms with Gasteiger partial charge in [0.1, 0.15) is 6.61 Å². The first-order valence-electron chi connectivity index (χ1n) is 5.99. The molecular weight excluding hydrogens is 242 g/mol. The van der Waals surface area contributed by atoms with Crippen LogP contribution in [0.1, 0.15) is 26.2 Å². The van der Waals surface area contributed by atoms with Crippen LogP contribution >= 0.6 is 0 Å². The van der Waals surface area contributed by atoms with Crippen LogP contribution in [0, 0.1) is 0 Å². The fourth-order valence-electron chi connectivity index (χ4n) is 2.07. The van der Waals surface area contributed by atoms with E-state index in [1.807, 2.05) is 6.92 Å². The second-order valence-corrected chi connectivity index (χ2v) is 6.66. The summed E-state index contributed by atoms with van der Waals surface area (Å²) in [5, 5.41) is 0. The van der Waals surface area contributed by atoms with Gasteiger partial charge in [0.25, 0.3) is 0 Å². The number of amides is 1. The second kappa shape index (κ2) is 6.35. The molecule has 1 amide bonds. The Labute approximate surface area is 103 Å². The van der Waals surface area contributed by atoms with Crippen molar-refractivity contribution in [3.8, 4) is 0 Å². The molecule has 0 aliphatic carbocycles. The van der Waals surface area contributed by atoms with E-state index in [-0.39, 0.29) is 30.1 Å². The summed E-state index contributed by atoms with van der Waals surface area (Å²) >= 11 is 0. The highest BCUT2D eigenvalue weighted by atomic mass is 32.2. The first-order chi connectivity index (χ1) is 8.00. The minimum Gasteiger partial charge on any atom is -0.375 e. The van der Waals surface area contributed by atoms with Gasteiger partial charge in [-0.15, -0.1) is 0 Å². The number of hydrogen-bond donors (Lipinski definition) is 0. The quantitative estimate of drug-likeness (QED) is 0.698. The zero-order valence-electron chi connectivity index (χ0n) is 10.5. The number of carbonyl (C=O) groups is 1. The van der Waals surface area contributed by atoms with Crippen LogP contribution in [-0.4, -0.2) is 57.0 Å². The van der Waals surface area contributed by atoms with Crippen molar-refractivity contribution in [1.29, 1.82) is 0 Å². The minimum atomic E-state index is -2.95. The van der Waals surface area contributed by atoms with Crippen LogP contribution in [0.2, 0.25) is 0 Å². The first-order valence-corrected chi connectivity index (χ1v) is 7.81. The molecular formula is C11H21NO4S. The lowest BCUT2D eigenvalue weighted by molar-refractivity contribution is -0.137. The third-order valence-corrected chi connectivity index (χ3v) is 4.74. The van der Waals surface area contributed by atoms with Crippen LogP contribution in [0.15, 0.2) is 0 Å². The largest absolute Gasteiger partial charge is 0.375 e. The smallest absolute Gasteiger partial charge is 0.248 e. The summed E-state index contributed by atoms with van der Waals surface area (Å²) in [6.07, 6.45) is 2.43. The average molecular weight is 263 g/mol. The van der Waals surface area contributed by atoms with Crippen molar-refractivity contribution < 1.29 is 17.9 Å². The summed E-state index contributed by atoms with van der Waals surface area (Å²) < 4.78 is 27.7. The molecule has 6 heteroatoms. The molecule has 0 radical (unpaired) electrons. The predicted molar refractivity (Wildman–Crippen MR) is 65.6 cm³/mol. The Morgan fingerprint density at radius 3 is 2.65 bits per heavy atom. The summed E-state index contributed by atoms with van der Waals surface area (Å²) in [5.74, 6) is 0.190. The van der Waals surface area contributed by atoms with Gasteiger partial charge in [-0.05, 0) is 12.8 Å². The van der Waals surface area contributed by atoms with E-state index in [4.69, 9.17) is 4.74 Å². The standard InChI is InChI=1S/C11H21NO4S/c1-3-4-6-12(11(13)8-16-2)10-5-7-17(14,15)9-10/h10H,3-9H2,1-2H3. The molecule has 0 aromatic rings. The Kier molecular flexibility index (Phi) is 5.39. The number of carbonyl (C=O) groups excluding carboxylic acids is 1. The van der Waals surface area contributed by atoms with E-state index < -0.39 is 9.84 Å². The molecule has 1 saturated heterocycles. The van der Waals surface area contributed by atoms with Crippen molar-refractivity contribution in [2.24, 2.45) is 0 Å². The molecule has 1 unspecified atom stereocenters. The van der Waals surface area contributed by atoms with Crippen LogP contribution in [0.3, 0.4) is 0 Å². The highest BCUT2D eigenvalue weighted by Gasteiger charge is 2.34. The number of rotatable bonds is 6. The van der Waals surface area contributed by atoms with Gasteiger partial charge in [0.05, 0.1) is 11.5 Å². The normalized spacial score (nSPS) is 22.6. The molecule has 0 saturated carbocycles. The second-order valence-electron chi connectivity index (χ2n) is 4.43. The fraction of sp³-hybridized carbons (Fsp3) is 0.909. The molecule has 17 heavy (non-hydrogen) atoms. The Hall–Kier alpha value is -0.620. The van der Waals surface area contributed by atoms with Crippen molar-refractivity contribution in [2.45, 2.75) is 32.2 Å². The van der Waals surface area contributed by atoms with Gasteiger partial charge >= 0.3 is 0 Å². The van der Waals surface area contributed by atoms with Crippen LogP contribution < -0.4 is 0 Å². The van der Waals surface area contributed by atoms with E-state index in [1.165, 1.54) is 7.11 Å². The number of ether oxygens (including phenoxy) is 1. The van der Waals surface area contributed by atoms with Gasteiger partial charge in [-0.25, -0.2) is 8.42 Å². The van der Waals surface area contributed by atoms with Crippen LogP contribution in [0.4, 0.5) is 0 Å². The molecule has 0 aromatic carbocycles. The summed E-state index contributed by atoms with van der Waals surface area (Å²) in [7, 11) is -1.48. The Bertz CT molecular complexity index is 352. The summed E-state index contributed by atoms with van der Waals surface area (Å²) in [6.45, 7) is 2.70. The molecule has 0 N–H and O–H groups in total. The summed E-state index contributed by atoms with van der Waals surface area (Å²) in [4.78, 5) is 13.5. The van der Waals surface area contributed by atoms with Crippen LogP contribution in [0.5, 0.6) is 0 Å². The highest BCUT2D eigenvalue weighted by Crippen LogP contribution is 2.18. The van der Waals surface area contributed by atoms with E-state index >= 15 is 0 Å². The first kappa shape index (κ1) is 14.4. The van der Waals surface area contributed by atoms with Crippen molar-refractivity contribution in [1.82, 2.24) is 4.90 Å². The zero-order chi connectivity index (χ0) is 12.9. The maximum Gasteiger partial charge on any atom is 0.248 e. The molecule has 1 fully saturated rings. The maximum atomic E-state index is 11.9. The Balaban J connectivity index is 2.66. The lowest BCUT2D eigenvalue weighted by Crippen LogP contribution is -2.43. The molecule has 0 spiro atoms. The van der Waals surface area contributed by atoms with Crippen molar-refractivity contribution in [2.75, 3.05) is 31.8 Å². The molecule has 1 aliphatic rings. The van der Waals surface area contributed by atoms with Crippen LogP contribution in [0.25, 0.3) is 0 Å². The molecule has 100 valence electrons. The molecule has 5 nitrogen and oxygen atoms in total. The number of hydrogen-bond acceptors (Lipinski definition) is 4. The van der Waals surface area contributed by atoms with E-state index in [0.717, 1.165) is 12.8 Å². The van der Waals surface area contributed by atoms with Crippen molar-refractivity contribution in [3.63, 3.8) is 0 Å². The molecule has 1 aliphatic heterocycles. The Morgan fingerprint density at radius 1 is 1.47 bits per heavy atom. The SMILES string of the molecule is CCCCN(C(=O)COC)C1CCS(=O)(=O)C1. The van der Waals surface area contributed by atoms with Gasteiger partial charge in [-0.2, -0.15) is 0 Å². The lowest BCUT2D eigenvalue weighted by Gasteiger charge is -2.28. The van der Waals surface area contributed by atoms with E-state index in [0.29, 0.717) is 13.0 Å². The van der Waals surface area contributed by atoms with Gasteiger partial charge in [-0.1, -0.05) is 13.3 Å². The third-order valence-electron chi connectivity index (χ3n) is 2.99. The molecule has 1 heterocycles. The van der Waals surface area contributed by atoms with Gasteiger partial charge in [0.2, 0.25) is 5.91 Å². The number of methoxy groups -OCH3 is 1. The van der Waals surface area contributed by atoms with E-state index in [1.54, 1.807) is 4.90 Å². The number of sulfone groups is 1. The highest BCUT2D eigenvalue weighted by molar-refractivity contribution is 7.91. The van der Waals surface area contributed by atoms with Gasteiger partial charge in [-0.3, -0.25) is 4.79 Å². The predicted octanol–water partition coefficient (Wildman–Crippen LogP) is 0.449. The number of unbranched alkanes of at least 4 members (excludes halogenated alkanes) is 1. The third kappa shape index (κ3) is 4.27. The topological polar surface area (TPSA) is 63.7 Å². The molecule has 1 atom stereocenters. The van der Waals surface area contributed by atoms with Crippen molar-refractivity contribution in [3.05, 3.63) is 0 Å². The van der Waals surface area contributed by atoms with Crippen molar-refractivity contribution >= 4 is 15.7 Å².